The van der Waals surface area contributed by atoms with Gasteiger partial charge in [-0.2, -0.15) is 18.4 Å². The molecule has 2 fully saturated rings. The topological polar surface area (TPSA) is 64.4 Å². The molecule has 2 saturated heterocycles. The SMILES string of the molecule is Cc1c(N2C(=O)N3CCC(=O)[C@H]3C2C(F)(F)F)ccc(C#N)c1Cl. The number of hydrogen-bond donors (Lipinski definition) is 0. The number of halogens is 4. The summed E-state index contributed by atoms with van der Waals surface area (Å²) >= 11 is 6.01. The lowest BCUT2D eigenvalue weighted by Gasteiger charge is -2.28. The minimum Gasteiger partial charge on any atom is -0.311 e. The number of ketones is 1. The lowest BCUT2D eigenvalue weighted by Crippen LogP contribution is -2.50. The van der Waals surface area contributed by atoms with Gasteiger partial charge in [-0.25, -0.2) is 4.79 Å². The molecule has 1 aromatic carbocycles. The summed E-state index contributed by atoms with van der Waals surface area (Å²) in [6.07, 6.45) is -4.86. The van der Waals surface area contributed by atoms with Crippen molar-refractivity contribution in [1.29, 1.82) is 5.26 Å². The molecule has 9 heteroatoms. The third-order valence-corrected chi connectivity index (χ3v) is 4.85. The highest BCUT2D eigenvalue weighted by molar-refractivity contribution is 6.33. The van der Waals surface area contributed by atoms with Crippen LogP contribution in [0.2, 0.25) is 5.02 Å². The molecule has 1 aromatic rings. The van der Waals surface area contributed by atoms with Gasteiger partial charge in [-0.3, -0.25) is 9.69 Å². The number of amides is 2. The van der Waals surface area contributed by atoms with Crippen LogP contribution in [0.4, 0.5) is 23.7 Å². The summed E-state index contributed by atoms with van der Waals surface area (Å²) in [7, 11) is 0. The van der Waals surface area contributed by atoms with Crippen molar-refractivity contribution in [2.24, 2.45) is 0 Å². The number of urea groups is 1. The number of rotatable bonds is 1. The summed E-state index contributed by atoms with van der Waals surface area (Å²) in [5.41, 5.74) is 0.241. The molecule has 0 aliphatic carbocycles. The number of carbonyl (C=O) groups is 2. The number of anilines is 1. The Kier molecular flexibility index (Phi) is 3.72. The van der Waals surface area contributed by atoms with Gasteiger partial charge in [0, 0.05) is 13.0 Å². The van der Waals surface area contributed by atoms with Crippen LogP contribution in [0.1, 0.15) is 17.5 Å². The fraction of sp³-hybridized carbons (Fsp3) is 0.400. The predicted octanol–water partition coefficient (Wildman–Crippen LogP) is 3.03. The number of nitrogens with zero attached hydrogens (tertiary/aromatic N) is 3. The minimum absolute atomic E-state index is 0.0119. The number of Topliss-reactive ketones (excluding diaryl/α,β-unsaturated/α-hetero) is 1. The van der Waals surface area contributed by atoms with E-state index in [0.717, 1.165) is 4.90 Å². The minimum atomic E-state index is -4.78. The molecule has 3 rings (SSSR count). The van der Waals surface area contributed by atoms with E-state index in [0.29, 0.717) is 4.90 Å². The van der Waals surface area contributed by atoms with Crippen molar-refractivity contribution < 1.29 is 22.8 Å². The molecule has 2 amide bonds. The van der Waals surface area contributed by atoms with Crippen LogP contribution < -0.4 is 4.90 Å². The maximum Gasteiger partial charge on any atom is 0.411 e. The van der Waals surface area contributed by atoms with Gasteiger partial charge in [0.25, 0.3) is 0 Å². The Balaban J connectivity index is 2.16. The maximum atomic E-state index is 13.6. The standard InChI is InChI=1S/C15H11ClF3N3O2/c1-7-9(3-2-8(6-20)11(7)16)22-13(15(17,18)19)12-10(23)4-5-21(12)14(22)24/h2-3,12-13H,4-5H2,1H3/t12-,13?/m0/s1. The van der Waals surface area contributed by atoms with Gasteiger partial charge >= 0.3 is 12.2 Å². The van der Waals surface area contributed by atoms with Crippen LogP contribution in [0.25, 0.3) is 0 Å². The lowest BCUT2D eigenvalue weighted by atomic mass is 10.0. The summed E-state index contributed by atoms with van der Waals surface area (Å²) in [5, 5.41) is 8.94. The van der Waals surface area contributed by atoms with E-state index in [1.165, 1.54) is 19.1 Å². The van der Waals surface area contributed by atoms with Crippen LogP contribution in [-0.4, -0.2) is 41.5 Å². The van der Waals surface area contributed by atoms with Crippen molar-refractivity contribution in [3.05, 3.63) is 28.3 Å². The lowest BCUT2D eigenvalue weighted by molar-refractivity contribution is -0.156. The number of alkyl halides is 3. The first-order chi connectivity index (χ1) is 11.2. The first-order valence-electron chi connectivity index (χ1n) is 7.07. The Bertz CT molecular complexity index is 787. The fourth-order valence-electron chi connectivity index (χ4n) is 3.25. The molecule has 0 spiro atoms. The second-order valence-electron chi connectivity index (χ2n) is 5.68. The first kappa shape index (κ1) is 16.6. The summed E-state index contributed by atoms with van der Waals surface area (Å²) in [4.78, 5) is 25.9. The zero-order valence-electron chi connectivity index (χ0n) is 12.4. The van der Waals surface area contributed by atoms with Crippen LogP contribution >= 0.6 is 11.6 Å². The van der Waals surface area contributed by atoms with Gasteiger partial charge in [0.2, 0.25) is 0 Å². The Hall–Kier alpha value is -2.27. The van der Waals surface area contributed by atoms with Gasteiger partial charge in [0.15, 0.2) is 11.8 Å². The first-order valence-corrected chi connectivity index (χ1v) is 7.44. The van der Waals surface area contributed by atoms with Crippen LogP contribution in [-0.2, 0) is 4.79 Å². The molecule has 0 bridgehead atoms. The normalized spacial score (nSPS) is 23.7. The summed E-state index contributed by atoms with van der Waals surface area (Å²) < 4.78 is 40.8. The van der Waals surface area contributed by atoms with E-state index in [2.05, 4.69) is 0 Å². The van der Waals surface area contributed by atoms with Crippen molar-refractivity contribution in [1.82, 2.24) is 4.90 Å². The third kappa shape index (κ3) is 2.23. The molecule has 2 aliphatic rings. The molecule has 0 radical (unpaired) electrons. The number of carbonyl (C=O) groups excluding carboxylic acids is 2. The number of fused-ring (bicyclic) bond motifs is 1. The van der Waals surface area contributed by atoms with Gasteiger partial charge < -0.3 is 4.90 Å². The second kappa shape index (κ2) is 5.38. The van der Waals surface area contributed by atoms with Crippen molar-refractivity contribution in [3.8, 4) is 6.07 Å². The molecule has 2 aliphatic heterocycles. The quantitative estimate of drug-likeness (QED) is 0.776. The highest BCUT2D eigenvalue weighted by Gasteiger charge is 2.63. The van der Waals surface area contributed by atoms with Crippen LogP contribution in [0.5, 0.6) is 0 Å². The zero-order chi connectivity index (χ0) is 17.8. The fourth-order valence-corrected chi connectivity index (χ4v) is 3.45. The van der Waals surface area contributed by atoms with Crippen molar-refractivity contribution in [3.63, 3.8) is 0 Å². The summed E-state index contributed by atoms with van der Waals surface area (Å²) in [5.74, 6) is -0.606. The molecule has 1 unspecified atom stereocenters. The molecular weight excluding hydrogens is 347 g/mol. The molecule has 24 heavy (non-hydrogen) atoms. The monoisotopic (exact) mass is 357 g/mol. The maximum absolute atomic E-state index is 13.6. The van der Waals surface area contributed by atoms with Gasteiger partial charge in [0.1, 0.15) is 12.1 Å². The highest BCUT2D eigenvalue weighted by Crippen LogP contribution is 2.43. The molecule has 0 saturated carbocycles. The molecule has 126 valence electrons. The number of nitriles is 1. The molecule has 2 atom stereocenters. The molecule has 0 aromatic heterocycles. The van der Waals surface area contributed by atoms with E-state index in [-0.39, 0.29) is 34.8 Å². The van der Waals surface area contributed by atoms with E-state index in [1.54, 1.807) is 0 Å². The Morgan fingerprint density at radius 1 is 1.33 bits per heavy atom. The Labute approximate surface area is 140 Å². The molecule has 0 N–H and O–H groups in total. The van der Waals surface area contributed by atoms with Gasteiger partial charge in [-0.1, -0.05) is 11.6 Å². The average Bonchev–Trinajstić information content (AvgIpc) is 3.01. The molecule has 5 nitrogen and oxygen atoms in total. The van der Waals surface area contributed by atoms with Crippen molar-refractivity contribution in [2.45, 2.75) is 31.6 Å². The van der Waals surface area contributed by atoms with E-state index in [9.17, 15) is 22.8 Å². The number of hydrogen-bond acceptors (Lipinski definition) is 3. The van der Waals surface area contributed by atoms with Crippen LogP contribution in [0.15, 0.2) is 12.1 Å². The summed E-state index contributed by atoms with van der Waals surface area (Å²) in [6, 6.07) is -0.330. The van der Waals surface area contributed by atoms with Crippen molar-refractivity contribution >= 4 is 29.1 Å². The highest BCUT2D eigenvalue weighted by atomic mass is 35.5. The second-order valence-corrected chi connectivity index (χ2v) is 6.05. The average molecular weight is 358 g/mol. The summed E-state index contributed by atoms with van der Waals surface area (Å²) in [6.45, 7) is 1.40. The Morgan fingerprint density at radius 3 is 2.58 bits per heavy atom. The van der Waals surface area contributed by atoms with Gasteiger partial charge in [-0.15, -0.1) is 0 Å². The zero-order valence-corrected chi connectivity index (χ0v) is 13.1. The van der Waals surface area contributed by atoms with E-state index >= 15 is 0 Å². The van der Waals surface area contributed by atoms with Crippen molar-refractivity contribution in [2.75, 3.05) is 11.4 Å². The largest absolute Gasteiger partial charge is 0.411 e. The van der Waals surface area contributed by atoms with E-state index in [4.69, 9.17) is 16.9 Å². The van der Waals surface area contributed by atoms with Gasteiger partial charge in [0.05, 0.1) is 16.3 Å². The van der Waals surface area contributed by atoms with Gasteiger partial charge in [-0.05, 0) is 24.6 Å². The van der Waals surface area contributed by atoms with E-state index < -0.39 is 30.1 Å². The molecular formula is C15H11ClF3N3O2. The van der Waals surface area contributed by atoms with Crippen LogP contribution in [0.3, 0.4) is 0 Å². The smallest absolute Gasteiger partial charge is 0.311 e. The van der Waals surface area contributed by atoms with Crippen LogP contribution in [0, 0.1) is 18.3 Å². The molecule has 2 heterocycles. The third-order valence-electron chi connectivity index (χ3n) is 4.37. The Morgan fingerprint density at radius 2 is 2.00 bits per heavy atom. The number of benzene rings is 1. The predicted molar refractivity (Wildman–Crippen MR) is 78.7 cm³/mol. The van der Waals surface area contributed by atoms with E-state index in [1.807, 2.05) is 6.07 Å².